The van der Waals surface area contributed by atoms with Gasteiger partial charge in [-0.15, -0.1) is 10.2 Å². The number of aromatic amines is 1. The van der Waals surface area contributed by atoms with Gasteiger partial charge in [-0.3, -0.25) is 4.79 Å². The number of aryl methyl sites for hydroxylation is 1. The molecule has 0 bridgehead atoms. The third kappa shape index (κ3) is 4.88. The minimum Gasteiger partial charge on any atom is -0.338 e. The Kier molecular flexibility index (Phi) is 5.97. The molecule has 2 heterocycles. The summed E-state index contributed by atoms with van der Waals surface area (Å²) in [6, 6.07) is 5.83. The summed E-state index contributed by atoms with van der Waals surface area (Å²) in [5, 5.41) is 11.5. The Balaban J connectivity index is 1.73. The molecular weight excluding hydrogens is 415 g/mol. The molecule has 0 aliphatic rings. The number of alkyl halides is 3. The maximum atomic E-state index is 13.0. The van der Waals surface area contributed by atoms with Gasteiger partial charge in [0.2, 0.25) is 11.1 Å². The normalized spacial score (nSPS) is 12.4. The monoisotopic (exact) mass is 433 g/mol. The van der Waals surface area contributed by atoms with E-state index in [1.54, 1.807) is 0 Å². The van der Waals surface area contributed by atoms with Crippen molar-refractivity contribution in [2.45, 2.75) is 25.2 Å². The van der Waals surface area contributed by atoms with Gasteiger partial charge in [0.25, 0.3) is 0 Å². The summed E-state index contributed by atoms with van der Waals surface area (Å²) in [6.07, 6.45) is -3.55. The first kappa shape index (κ1) is 21.6. The van der Waals surface area contributed by atoms with Crippen LogP contribution in [0.2, 0.25) is 0 Å². The first-order chi connectivity index (χ1) is 14.0. The lowest BCUT2D eigenvalue weighted by Crippen LogP contribution is -2.29. The van der Waals surface area contributed by atoms with Gasteiger partial charge in [0, 0.05) is 10.9 Å². The molecule has 1 aromatic carbocycles. The molecule has 0 unspecified atom stereocenters. The number of rotatable bonds is 6. The van der Waals surface area contributed by atoms with Crippen LogP contribution in [0.4, 0.5) is 13.2 Å². The number of nitrogens with one attached hydrogen (secondary N) is 2. The van der Waals surface area contributed by atoms with Gasteiger partial charge < -0.3 is 10.3 Å². The number of allylic oxidation sites excluding steroid dienone is 3. The van der Waals surface area contributed by atoms with E-state index < -0.39 is 23.4 Å². The van der Waals surface area contributed by atoms with E-state index in [4.69, 9.17) is 0 Å². The van der Waals surface area contributed by atoms with Crippen molar-refractivity contribution >= 4 is 39.7 Å². The topological polar surface area (TPSA) is 83.6 Å². The average Bonchev–Trinajstić information content (AvgIpc) is 3.01. The van der Waals surface area contributed by atoms with Gasteiger partial charge >= 0.3 is 6.18 Å². The Bertz CT molecular complexity index is 1200. The van der Waals surface area contributed by atoms with E-state index in [0.29, 0.717) is 16.7 Å². The summed E-state index contributed by atoms with van der Waals surface area (Å²) in [7, 11) is 0. The first-order valence-corrected chi connectivity index (χ1v) is 9.72. The maximum Gasteiger partial charge on any atom is 0.417 e. The third-order valence-corrected chi connectivity index (χ3v) is 4.85. The molecule has 1 amide bonds. The van der Waals surface area contributed by atoms with E-state index in [-0.39, 0.29) is 10.9 Å². The number of halogens is 3. The molecule has 0 aliphatic heterocycles. The molecule has 0 radical (unpaired) electrons. The Morgan fingerprint density at radius 1 is 1.30 bits per heavy atom. The molecule has 10 heteroatoms. The van der Waals surface area contributed by atoms with E-state index in [1.807, 2.05) is 25.1 Å². The molecule has 6 nitrogen and oxygen atoms in total. The fourth-order valence-corrected chi connectivity index (χ4v) is 3.23. The SMILES string of the molecule is C=C(C)/C=C(/NC(=O)CSc1nnc2c(n1)[nH]c1ccc(C)cc12)C(=C)C(F)(F)F. The van der Waals surface area contributed by atoms with E-state index in [1.165, 1.54) is 6.92 Å². The number of carbonyl (C=O) groups is 1. The summed E-state index contributed by atoms with van der Waals surface area (Å²) >= 11 is 0.959. The second kappa shape index (κ2) is 8.31. The first-order valence-electron chi connectivity index (χ1n) is 8.73. The van der Waals surface area contributed by atoms with Crippen LogP contribution in [0.1, 0.15) is 12.5 Å². The van der Waals surface area contributed by atoms with E-state index in [9.17, 15) is 18.0 Å². The maximum absolute atomic E-state index is 13.0. The second-order valence-corrected chi connectivity index (χ2v) is 7.63. The Morgan fingerprint density at radius 2 is 2.03 bits per heavy atom. The van der Waals surface area contributed by atoms with Crippen molar-refractivity contribution in [3.05, 3.63) is 59.8 Å². The van der Waals surface area contributed by atoms with Gasteiger partial charge in [-0.05, 0) is 32.1 Å². The molecule has 0 saturated heterocycles. The number of hydrogen-bond donors (Lipinski definition) is 2. The number of hydrogen-bond acceptors (Lipinski definition) is 5. The minimum absolute atomic E-state index is 0.203. The summed E-state index contributed by atoms with van der Waals surface area (Å²) < 4.78 is 38.9. The molecule has 2 aromatic heterocycles. The van der Waals surface area contributed by atoms with Crippen LogP contribution in [0, 0.1) is 6.92 Å². The van der Waals surface area contributed by atoms with Crippen molar-refractivity contribution in [2.75, 3.05) is 5.75 Å². The molecule has 0 atom stereocenters. The molecule has 0 fully saturated rings. The molecule has 2 N–H and O–H groups in total. The Hall–Kier alpha value is -3.14. The lowest BCUT2D eigenvalue weighted by Gasteiger charge is -2.15. The van der Waals surface area contributed by atoms with E-state index in [2.05, 4.69) is 38.6 Å². The second-order valence-electron chi connectivity index (χ2n) is 6.68. The standard InChI is InChI=1S/C20H18F3N5OS/c1-10(2)7-15(12(4)20(21,22)23)24-16(29)9-30-19-26-18-17(27-28-19)13-8-11(3)5-6-14(13)25-18/h5-8H,1,4,9H2,2-3H3,(H,24,29)(H,25,26,28)/b15-7+. The molecule has 3 aromatic rings. The van der Waals surface area contributed by atoms with Gasteiger partial charge in [-0.2, -0.15) is 13.2 Å². The number of fused-ring (bicyclic) bond motifs is 3. The molecule has 0 spiro atoms. The Morgan fingerprint density at radius 3 is 2.70 bits per heavy atom. The summed E-state index contributed by atoms with van der Waals surface area (Å²) in [4.78, 5) is 19.7. The van der Waals surface area contributed by atoms with Crippen LogP contribution >= 0.6 is 11.8 Å². The van der Waals surface area contributed by atoms with Crippen molar-refractivity contribution in [2.24, 2.45) is 0 Å². The average molecular weight is 433 g/mol. The zero-order valence-electron chi connectivity index (χ0n) is 16.2. The molecule has 3 rings (SSSR count). The van der Waals surface area contributed by atoms with Crippen molar-refractivity contribution in [3.63, 3.8) is 0 Å². The number of amides is 1. The summed E-state index contributed by atoms with van der Waals surface area (Å²) in [6.45, 7) is 10.0. The van der Waals surface area contributed by atoms with E-state index >= 15 is 0 Å². The van der Waals surface area contributed by atoms with Crippen LogP contribution in [-0.2, 0) is 4.79 Å². The molecule has 0 aliphatic carbocycles. The van der Waals surface area contributed by atoms with Gasteiger partial charge in [-0.1, -0.05) is 42.1 Å². The van der Waals surface area contributed by atoms with Crippen LogP contribution < -0.4 is 5.32 Å². The van der Waals surface area contributed by atoms with Crippen LogP contribution in [-0.4, -0.2) is 38.0 Å². The molecule has 0 saturated carbocycles. The van der Waals surface area contributed by atoms with Gasteiger partial charge in [0.05, 0.1) is 17.0 Å². The predicted octanol–water partition coefficient (Wildman–Crippen LogP) is 4.60. The lowest BCUT2D eigenvalue weighted by atomic mass is 10.1. The highest BCUT2D eigenvalue weighted by molar-refractivity contribution is 7.99. The zero-order valence-corrected chi connectivity index (χ0v) is 17.0. The highest BCUT2D eigenvalue weighted by Gasteiger charge is 2.34. The highest BCUT2D eigenvalue weighted by Crippen LogP contribution is 2.29. The van der Waals surface area contributed by atoms with Crippen molar-refractivity contribution < 1.29 is 18.0 Å². The number of carbonyl (C=O) groups excluding carboxylic acids is 1. The van der Waals surface area contributed by atoms with Gasteiger partial charge in [0.15, 0.2) is 5.65 Å². The van der Waals surface area contributed by atoms with Crippen LogP contribution in [0.15, 0.2) is 59.4 Å². The Labute approximate surface area is 174 Å². The summed E-state index contributed by atoms with van der Waals surface area (Å²) in [5.74, 6) is -0.862. The number of thioether (sulfide) groups is 1. The number of H-pyrrole nitrogens is 1. The molecule has 156 valence electrons. The number of aromatic nitrogens is 4. The zero-order chi connectivity index (χ0) is 22.1. The fourth-order valence-electron chi connectivity index (χ4n) is 2.65. The predicted molar refractivity (Wildman–Crippen MR) is 111 cm³/mol. The van der Waals surface area contributed by atoms with Crippen LogP contribution in [0.25, 0.3) is 22.1 Å². The molecular formula is C20H18F3N5OS. The fraction of sp³-hybridized carbons (Fsp3) is 0.200. The largest absolute Gasteiger partial charge is 0.417 e. The summed E-state index contributed by atoms with van der Waals surface area (Å²) in [5.41, 5.74) is 1.79. The van der Waals surface area contributed by atoms with Crippen LogP contribution in [0.3, 0.4) is 0 Å². The lowest BCUT2D eigenvalue weighted by molar-refractivity contribution is -0.118. The number of benzene rings is 1. The highest BCUT2D eigenvalue weighted by atomic mass is 32.2. The van der Waals surface area contributed by atoms with Crippen LogP contribution in [0.5, 0.6) is 0 Å². The number of nitrogens with zero attached hydrogens (tertiary/aromatic N) is 3. The smallest absolute Gasteiger partial charge is 0.338 e. The van der Waals surface area contributed by atoms with Gasteiger partial charge in [0.1, 0.15) is 5.52 Å². The van der Waals surface area contributed by atoms with Crippen molar-refractivity contribution in [3.8, 4) is 0 Å². The minimum atomic E-state index is -4.67. The van der Waals surface area contributed by atoms with E-state index in [0.717, 1.165) is 34.3 Å². The molecule has 30 heavy (non-hydrogen) atoms. The third-order valence-electron chi connectivity index (χ3n) is 4.02. The van der Waals surface area contributed by atoms with Gasteiger partial charge in [-0.25, -0.2) is 4.98 Å². The van der Waals surface area contributed by atoms with Crippen molar-refractivity contribution in [1.82, 2.24) is 25.5 Å². The quantitative estimate of drug-likeness (QED) is 0.438. The van der Waals surface area contributed by atoms with Crippen molar-refractivity contribution in [1.29, 1.82) is 0 Å².